The van der Waals surface area contributed by atoms with Crippen molar-refractivity contribution in [3.05, 3.63) is 58.1 Å². The quantitative estimate of drug-likeness (QED) is 0.712. The summed E-state index contributed by atoms with van der Waals surface area (Å²) >= 11 is 0. The zero-order chi connectivity index (χ0) is 19.2. The largest absolute Gasteiger partial charge is 0.417 e. The van der Waals surface area contributed by atoms with Crippen LogP contribution in [0.1, 0.15) is 18.1 Å². The van der Waals surface area contributed by atoms with Gasteiger partial charge in [0.05, 0.1) is 16.1 Å². The lowest BCUT2D eigenvalue weighted by Gasteiger charge is -2.28. The van der Waals surface area contributed by atoms with Gasteiger partial charge in [-0.2, -0.15) is 0 Å². The van der Waals surface area contributed by atoms with Gasteiger partial charge in [0.15, 0.2) is 5.58 Å². The predicted octanol–water partition coefficient (Wildman–Crippen LogP) is 1.83. The molecule has 140 valence electrons. The summed E-state index contributed by atoms with van der Waals surface area (Å²) in [7, 11) is -3.82. The fraction of sp³-hybridized carbons (Fsp3) is 0.222. The molecule has 1 aromatic heterocycles. The second kappa shape index (κ2) is 6.27. The van der Waals surface area contributed by atoms with Gasteiger partial charge >= 0.3 is 5.76 Å². The minimum Gasteiger partial charge on any atom is -0.408 e. The third kappa shape index (κ3) is 3.33. The van der Waals surface area contributed by atoms with Crippen LogP contribution in [0.3, 0.4) is 0 Å². The van der Waals surface area contributed by atoms with Crippen molar-refractivity contribution >= 4 is 32.7 Å². The number of nitrogens with zero attached hydrogens (tertiary/aromatic N) is 1. The summed E-state index contributed by atoms with van der Waals surface area (Å²) in [4.78, 5) is 27.1. The Morgan fingerprint density at radius 2 is 2.00 bits per heavy atom. The first-order valence-electron chi connectivity index (χ1n) is 8.35. The number of hydrogen-bond donors (Lipinski definition) is 2. The van der Waals surface area contributed by atoms with Gasteiger partial charge in [-0.3, -0.25) is 14.5 Å². The number of sulfonamides is 1. The summed E-state index contributed by atoms with van der Waals surface area (Å²) in [5.41, 5.74) is 2.93. The summed E-state index contributed by atoms with van der Waals surface area (Å²) < 4.78 is 32.9. The highest BCUT2D eigenvalue weighted by atomic mass is 32.2. The van der Waals surface area contributed by atoms with E-state index in [4.69, 9.17) is 4.42 Å². The molecule has 0 fully saturated rings. The number of nitrogens with one attached hydrogen (secondary N) is 2. The zero-order valence-corrected chi connectivity index (χ0v) is 15.3. The smallest absolute Gasteiger partial charge is 0.408 e. The van der Waals surface area contributed by atoms with E-state index in [9.17, 15) is 18.0 Å². The molecule has 1 aliphatic rings. The number of H-pyrrole nitrogens is 1. The third-order valence-corrected chi connectivity index (χ3v) is 6.00. The average molecular weight is 387 g/mol. The molecule has 0 spiro atoms. The van der Waals surface area contributed by atoms with Crippen LogP contribution in [0.25, 0.3) is 11.1 Å². The first kappa shape index (κ1) is 17.3. The number of rotatable bonds is 3. The van der Waals surface area contributed by atoms with E-state index < -0.39 is 15.8 Å². The molecular formula is C18H17N3O5S. The van der Waals surface area contributed by atoms with Gasteiger partial charge < -0.3 is 9.32 Å². The summed E-state index contributed by atoms with van der Waals surface area (Å²) in [6.45, 7) is 2.54. The number of anilines is 1. The normalized spacial score (nSPS) is 14.2. The average Bonchev–Trinajstić information content (AvgIpc) is 2.99. The van der Waals surface area contributed by atoms with Gasteiger partial charge in [-0.15, -0.1) is 0 Å². The fourth-order valence-electron chi connectivity index (χ4n) is 3.20. The third-order valence-electron chi connectivity index (χ3n) is 4.62. The van der Waals surface area contributed by atoms with E-state index in [2.05, 4.69) is 9.71 Å². The lowest BCUT2D eigenvalue weighted by molar-refractivity contribution is -0.129. The number of carbonyl (C=O) groups excluding carboxylic acids is 1. The molecule has 2 aromatic carbocycles. The van der Waals surface area contributed by atoms with Crippen molar-refractivity contribution in [2.24, 2.45) is 0 Å². The molecule has 0 radical (unpaired) electrons. The molecular weight excluding hydrogens is 370 g/mol. The maximum Gasteiger partial charge on any atom is 0.417 e. The Labute approximate surface area is 154 Å². The van der Waals surface area contributed by atoms with Gasteiger partial charge in [0, 0.05) is 20.0 Å². The molecule has 1 amide bonds. The van der Waals surface area contributed by atoms with Crippen molar-refractivity contribution in [3.63, 3.8) is 0 Å². The molecule has 8 nitrogen and oxygen atoms in total. The number of benzene rings is 2. The highest BCUT2D eigenvalue weighted by Crippen LogP contribution is 2.25. The van der Waals surface area contributed by atoms with E-state index >= 15 is 0 Å². The Kier molecular flexibility index (Phi) is 4.03. The number of carbonyl (C=O) groups is 1. The number of amides is 1. The topological polar surface area (TPSA) is 112 Å². The van der Waals surface area contributed by atoms with Crippen molar-refractivity contribution in [1.82, 2.24) is 9.88 Å². The first-order chi connectivity index (χ1) is 12.8. The molecule has 0 bridgehead atoms. The number of aromatic amines is 1. The highest BCUT2D eigenvalue weighted by molar-refractivity contribution is 7.92. The number of aromatic nitrogens is 1. The Bertz CT molecular complexity index is 1210. The monoisotopic (exact) mass is 387 g/mol. The summed E-state index contributed by atoms with van der Waals surface area (Å²) in [6, 6.07) is 9.48. The van der Waals surface area contributed by atoms with Crippen LogP contribution in [0, 0.1) is 0 Å². The Morgan fingerprint density at radius 3 is 2.78 bits per heavy atom. The van der Waals surface area contributed by atoms with Crippen molar-refractivity contribution in [2.75, 3.05) is 11.3 Å². The van der Waals surface area contributed by atoms with Gasteiger partial charge in [-0.05, 0) is 47.9 Å². The van der Waals surface area contributed by atoms with Crippen LogP contribution in [0.2, 0.25) is 0 Å². The zero-order valence-electron chi connectivity index (χ0n) is 14.5. The highest BCUT2D eigenvalue weighted by Gasteiger charge is 2.22. The molecule has 3 aromatic rings. The number of hydrogen-bond acceptors (Lipinski definition) is 5. The van der Waals surface area contributed by atoms with Gasteiger partial charge in [-0.1, -0.05) is 6.07 Å². The molecule has 0 saturated heterocycles. The van der Waals surface area contributed by atoms with Crippen LogP contribution in [-0.4, -0.2) is 30.8 Å². The van der Waals surface area contributed by atoms with Gasteiger partial charge in [0.2, 0.25) is 5.91 Å². The second-order valence-corrected chi connectivity index (χ2v) is 8.13. The molecule has 0 unspecified atom stereocenters. The van der Waals surface area contributed by atoms with E-state index in [1.54, 1.807) is 23.1 Å². The maximum atomic E-state index is 12.8. The molecule has 2 heterocycles. The van der Waals surface area contributed by atoms with E-state index in [0.717, 1.165) is 11.1 Å². The minimum absolute atomic E-state index is 0.0329. The predicted molar refractivity (Wildman–Crippen MR) is 98.9 cm³/mol. The fourth-order valence-corrected chi connectivity index (χ4v) is 4.30. The van der Waals surface area contributed by atoms with Crippen LogP contribution >= 0.6 is 0 Å². The molecule has 0 atom stereocenters. The van der Waals surface area contributed by atoms with Crippen LogP contribution in [0.15, 0.2) is 50.5 Å². The molecule has 0 aliphatic carbocycles. The molecule has 2 N–H and O–H groups in total. The Morgan fingerprint density at radius 1 is 1.19 bits per heavy atom. The van der Waals surface area contributed by atoms with Gasteiger partial charge in [-0.25, -0.2) is 13.2 Å². The lowest BCUT2D eigenvalue weighted by Crippen LogP contribution is -2.34. The molecule has 27 heavy (non-hydrogen) atoms. The SMILES string of the molecule is CC(=O)N1CCc2ccc(S(=O)(=O)Nc3ccc4oc(=O)[nH]c4c3)cc2C1. The van der Waals surface area contributed by atoms with Crippen LogP contribution in [0.5, 0.6) is 0 Å². The molecule has 9 heteroatoms. The maximum absolute atomic E-state index is 12.8. The van der Waals surface area contributed by atoms with Crippen molar-refractivity contribution in [3.8, 4) is 0 Å². The Balaban J connectivity index is 1.64. The molecule has 4 rings (SSSR count). The number of fused-ring (bicyclic) bond motifs is 2. The molecule has 0 saturated carbocycles. The van der Waals surface area contributed by atoms with Crippen molar-refractivity contribution in [2.45, 2.75) is 24.8 Å². The lowest BCUT2D eigenvalue weighted by atomic mass is 10.00. The molecule has 1 aliphatic heterocycles. The standard InChI is InChI=1S/C18H17N3O5S/c1-11(22)21-7-6-12-2-4-15(8-13(12)10-21)27(24,25)20-14-3-5-17-16(9-14)19-18(23)26-17/h2-5,8-9,20H,6-7,10H2,1H3,(H,19,23). The van der Waals surface area contributed by atoms with Crippen LogP contribution in [0.4, 0.5) is 5.69 Å². The van der Waals surface area contributed by atoms with E-state index in [1.807, 2.05) is 0 Å². The summed E-state index contributed by atoms with van der Waals surface area (Å²) in [5.74, 6) is -0.635. The van der Waals surface area contributed by atoms with E-state index in [0.29, 0.717) is 36.3 Å². The van der Waals surface area contributed by atoms with Gasteiger partial charge in [0.1, 0.15) is 0 Å². The van der Waals surface area contributed by atoms with Gasteiger partial charge in [0.25, 0.3) is 10.0 Å². The summed E-state index contributed by atoms with van der Waals surface area (Å²) in [6.07, 6.45) is 0.702. The summed E-state index contributed by atoms with van der Waals surface area (Å²) in [5, 5.41) is 0. The van der Waals surface area contributed by atoms with Crippen LogP contribution in [-0.2, 0) is 27.8 Å². The van der Waals surface area contributed by atoms with E-state index in [1.165, 1.54) is 25.1 Å². The Hall–Kier alpha value is -3.07. The minimum atomic E-state index is -3.82. The van der Waals surface area contributed by atoms with Crippen molar-refractivity contribution in [1.29, 1.82) is 0 Å². The van der Waals surface area contributed by atoms with Crippen molar-refractivity contribution < 1.29 is 17.6 Å². The number of oxazole rings is 1. The second-order valence-electron chi connectivity index (χ2n) is 6.45. The van der Waals surface area contributed by atoms with Crippen LogP contribution < -0.4 is 10.5 Å². The van der Waals surface area contributed by atoms with E-state index in [-0.39, 0.29) is 10.8 Å². The first-order valence-corrected chi connectivity index (χ1v) is 9.83.